The molecule has 0 fully saturated rings. The molecule has 1 aromatic heterocycles. The average Bonchev–Trinajstić information content (AvgIpc) is 3.03. The molecule has 0 spiro atoms. The molecule has 3 aromatic rings. The van der Waals surface area contributed by atoms with Crippen LogP contribution in [0.25, 0.3) is 27.5 Å². The normalized spacial score (nSPS) is 10.2. The summed E-state index contributed by atoms with van der Waals surface area (Å²) in [5.74, 6) is -0.525. The van der Waals surface area contributed by atoms with Gasteiger partial charge in [0.2, 0.25) is 5.39 Å². The number of aromatic nitrogens is 1. The molecule has 1 heterocycles. The maximum Gasteiger partial charge on any atom is 0.425 e. The molecule has 0 radical (unpaired) electrons. The summed E-state index contributed by atoms with van der Waals surface area (Å²) in [4.78, 5) is 19.0. The Hall–Kier alpha value is -3.39. The summed E-state index contributed by atoms with van der Waals surface area (Å²) >= 11 is 0. The van der Waals surface area contributed by atoms with Gasteiger partial charge in [-0.15, -0.1) is 0 Å². The third kappa shape index (κ3) is 2.77. The van der Waals surface area contributed by atoms with Crippen LogP contribution in [0, 0.1) is 5.39 Å². The van der Waals surface area contributed by atoms with E-state index in [9.17, 15) is 10.2 Å². The quantitative estimate of drug-likeness (QED) is 0.543. The van der Waals surface area contributed by atoms with E-state index in [0.717, 1.165) is 11.1 Å². The van der Waals surface area contributed by atoms with Crippen LogP contribution in [-0.4, -0.2) is 17.6 Å². The van der Waals surface area contributed by atoms with Gasteiger partial charge in [0, 0.05) is 5.56 Å². The second-order valence-electron chi connectivity index (χ2n) is 5.15. The van der Waals surface area contributed by atoms with Gasteiger partial charge in [-0.25, -0.2) is 4.79 Å². The predicted molar refractivity (Wildman–Crippen MR) is 92.4 cm³/mol. The number of benzene rings is 2. The number of nitrogens with zero attached hydrogens (tertiary/aromatic N) is 2. The zero-order valence-electron chi connectivity index (χ0n) is 13.2. The number of esters is 1. The highest BCUT2D eigenvalue weighted by atomic mass is 16.5. The van der Waals surface area contributed by atoms with Crippen molar-refractivity contribution < 1.29 is 9.53 Å². The van der Waals surface area contributed by atoms with Crippen LogP contribution in [0.4, 0.5) is 5.69 Å². The number of carbonyl (C=O) groups is 1. The molecule has 1 N–H and O–H groups in total. The van der Waals surface area contributed by atoms with Crippen molar-refractivity contribution in [2.75, 3.05) is 6.61 Å². The molecule has 0 unspecified atom stereocenters. The molecule has 24 heavy (non-hydrogen) atoms. The number of H-pyrrole nitrogens is 1. The molecule has 0 aliphatic carbocycles. The van der Waals surface area contributed by atoms with Crippen molar-refractivity contribution in [2.24, 2.45) is 0 Å². The first kappa shape index (κ1) is 15.5. The molecular weight excluding hydrogens is 302 g/mol. The molecule has 0 aliphatic rings. The van der Waals surface area contributed by atoms with Crippen LogP contribution >= 0.6 is 0 Å². The summed E-state index contributed by atoms with van der Waals surface area (Å²) in [5.41, 5.74) is 3.18. The van der Waals surface area contributed by atoms with Gasteiger partial charge in [0.15, 0.2) is 10.5 Å². The first-order valence-electron chi connectivity index (χ1n) is 7.65. The first-order chi connectivity index (χ1) is 11.8. The third-order valence-electron chi connectivity index (χ3n) is 3.68. The fraction of sp³-hybridized carbons (Fsp3) is 0.105. The molecule has 2 aromatic carbocycles. The van der Waals surface area contributed by atoms with Crippen LogP contribution in [0.2, 0.25) is 0 Å². The summed E-state index contributed by atoms with van der Waals surface area (Å²) in [7, 11) is 0. The van der Waals surface area contributed by atoms with Crippen LogP contribution in [0.1, 0.15) is 17.3 Å². The van der Waals surface area contributed by atoms with Crippen LogP contribution in [-0.2, 0) is 4.74 Å². The number of aromatic amines is 1. The number of carbonyl (C=O) groups excluding carboxylic acids is 1. The Labute approximate surface area is 139 Å². The van der Waals surface area contributed by atoms with E-state index in [4.69, 9.17) is 4.74 Å². The summed E-state index contributed by atoms with van der Waals surface area (Å²) in [5, 5.41) is 9.54. The van der Waals surface area contributed by atoms with E-state index < -0.39 is 5.97 Å². The van der Waals surface area contributed by atoms with Crippen molar-refractivity contribution >= 4 is 11.7 Å². The molecule has 0 amide bonds. The van der Waals surface area contributed by atoms with Gasteiger partial charge in [-0.1, -0.05) is 60.7 Å². The van der Waals surface area contributed by atoms with Gasteiger partial charge >= 0.3 is 11.7 Å². The minimum atomic E-state index is -0.525. The first-order valence-corrected chi connectivity index (χ1v) is 7.65. The molecule has 0 bridgehead atoms. The number of rotatable bonds is 4. The fourth-order valence-electron chi connectivity index (χ4n) is 2.63. The van der Waals surface area contributed by atoms with Crippen LogP contribution < -0.4 is 0 Å². The van der Waals surface area contributed by atoms with Crippen molar-refractivity contribution in [3.8, 4) is 22.5 Å². The Kier molecular flexibility index (Phi) is 4.39. The molecule has 0 saturated heterocycles. The molecule has 0 aliphatic heterocycles. The van der Waals surface area contributed by atoms with Crippen molar-refractivity contribution in [2.45, 2.75) is 6.92 Å². The lowest BCUT2D eigenvalue weighted by Crippen LogP contribution is -2.05. The second kappa shape index (κ2) is 6.80. The molecule has 0 saturated carbocycles. The Morgan fingerprint density at radius 1 is 1.00 bits per heavy atom. The zero-order chi connectivity index (χ0) is 16.9. The van der Waals surface area contributed by atoms with Crippen LogP contribution in [0.5, 0.6) is 0 Å². The lowest BCUT2D eigenvalue weighted by atomic mass is 10.1. The van der Waals surface area contributed by atoms with Gasteiger partial charge in [-0.2, -0.15) is 0 Å². The number of hydrogen-bond donors (Lipinski definition) is 1. The highest BCUT2D eigenvalue weighted by Crippen LogP contribution is 2.40. The van der Waals surface area contributed by atoms with Crippen LogP contribution in [0.15, 0.2) is 60.7 Å². The maximum atomic E-state index is 12.4. The van der Waals surface area contributed by atoms with E-state index in [2.05, 4.69) is 9.96 Å². The van der Waals surface area contributed by atoms with Crippen molar-refractivity contribution in [1.29, 1.82) is 5.39 Å². The van der Waals surface area contributed by atoms with Gasteiger partial charge in [0.1, 0.15) is 5.69 Å². The number of diazo groups is 1. The van der Waals surface area contributed by atoms with Gasteiger partial charge in [-0.3, -0.25) is 0 Å². The van der Waals surface area contributed by atoms with E-state index in [1.54, 1.807) is 6.92 Å². The van der Waals surface area contributed by atoms with Crippen molar-refractivity contribution in [3.63, 3.8) is 0 Å². The largest absolute Gasteiger partial charge is 0.462 e. The molecule has 118 valence electrons. The SMILES string of the molecule is CCOC(=O)c1c(-c2ccccc2)[nH]c(-c2ccccc2)c1[N+]#N. The van der Waals surface area contributed by atoms with Gasteiger partial charge in [0.05, 0.1) is 12.3 Å². The molecule has 0 atom stereocenters. The smallest absolute Gasteiger partial charge is 0.425 e. The van der Waals surface area contributed by atoms with E-state index >= 15 is 0 Å². The molecule has 5 heteroatoms. The highest BCUT2D eigenvalue weighted by molar-refractivity contribution is 6.06. The predicted octanol–water partition coefficient (Wildman–Crippen LogP) is 5.01. The van der Waals surface area contributed by atoms with Crippen molar-refractivity contribution in [1.82, 2.24) is 4.98 Å². The monoisotopic (exact) mass is 318 g/mol. The summed E-state index contributed by atoms with van der Waals surface area (Å²) in [6, 6.07) is 18.8. The van der Waals surface area contributed by atoms with Gasteiger partial charge in [-0.05, 0) is 12.5 Å². The maximum absolute atomic E-state index is 12.4. The Balaban J connectivity index is 2.27. The zero-order valence-corrected chi connectivity index (χ0v) is 13.2. The van der Waals surface area contributed by atoms with E-state index in [-0.39, 0.29) is 17.9 Å². The third-order valence-corrected chi connectivity index (χ3v) is 3.68. The van der Waals surface area contributed by atoms with Crippen LogP contribution in [0.3, 0.4) is 0 Å². The van der Waals surface area contributed by atoms with E-state index in [1.807, 2.05) is 60.7 Å². The lowest BCUT2D eigenvalue weighted by molar-refractivity contribution is 0.0529. The second-order valence-corrected chi connectivity index (χ2v) is 5.15. The Morgan fingerprint density at radius 2 is 1.54 bits per heavy atom. The lowest BCUT2D eigenvalue weighted by Gasteiger charge is -2.02. The Bertz CT molecular complexity index is 894. The number of nitrogens with one attached hydrogen (secondary N) is 1. The number of ether oxygens (including phenoxy) is 1. The van der Waals surface area contributed by atoms with E-state index in [1.165, 1.54) is 0 Å². The molecular formula is C19H16N3O2+. The summed E-state index contributed by atoms with van der Waals surface area (Å²) in [6.07, 6.45) is 0. The minimum absolute atomic E-state index is 0.179. The highest BCUT2D eigenvalue weighted by Gasteiger charge is 2.34. The Morgan fingerprint density at radius 3 is 2.04 bits per heavy atom. The summed E-state index contributed by atoms with van der Waals surface area (Å²) < 4.78 is 5.15. The van der Waals surface area contributed by atoms with Gasteiger partial charge < -0.3 is 9.72 Å². The number of hydrogen-bond acceptors (Lipinski definition) is 3. The average molecular weight is 318 g/mol. The van der Waals surface area contributed by atoms with E-state index in [0.29, 0.717) is 11.4 Å². The molecule has 5 nitrogen and oxygen atoms in total. The fourth-order valence-corrected chi connectivity index (χ4v) is 2.63. The topological polar surface area (TPSA) is 70.2 Å². The van der Waals surface area contributed by atoms with Crippen molar-refractivity contribution in [3.05, 3.63) is 71.2 Å². The van der Waals surface area contributed by atoms with Gasteiger partial charge in [0.25, 0.3) is 0 Å². The standard InChI is InChI=1S/C19H15N3O2/c1-2-24-19(23)15-16(13-9-5-3-6-10-13)21-17(18(15)22-20)14-11-7-4-8-12-14/h3-12H,2H2,1H3/p+1. The summed E-state index contributed by atoms with van der Waals surface area (Å²) in [6.45, 7) is 1.98. The minimum Gasteiger partial charge on any atom is -0.462 e. The molecule has 3 rings (SSSR count).